The fourth-order valence-electron chi connectivity index (χ4n) is 5.64. The van der Waals surface area contributed by atoms with E-state index in [1.807, 2.05) is 6.07 Å². The van der Waals surface area contributed by atoms with Crippen molar-refractivity contribution in [3.8, 4) is 0 Å². The van der Waals surface area contributed by atoms with E-state index in [0.29, 0.717) is 11.8 Å². The van der Waals surface area contributed by atoms with Crippen LogP contribution in [0.4, 0.5) is 0 Å². The molecule has 166 valence electrons. The van der Waals surface area contributed by atoms with Crippen molar-refractivity contribution in [1.29, 1.82) is 0 Å². The van der Waals surface area contributed by atoms with Gasteiger partial charge < -0.3 is 14.3 Å². The minimum absolute atomic E-state index is 0.235. The van der Waals surface area contributed by atoms with Crippen molar-refractivity contribution in [3.05, 3.63) is 30.5 Å². The van der Waals surface area contributed by atoms with Crippen LogP contribution in [0.1, 0.15) is 43.7 Å². The van der Waals surface area contributed by atoms with Crippen LogP contribution in [0, 0.1) is 11.8 Å². The van der Waals surface area contributed by atoms with Gasteiger partial charge in [-0.25, -0.2) is 19.2 Å². The van der Waals surface area contributed by atoms with Crippen molar-refractivity contribution in [3.63, 3.8) is 0 Å². The van der Waals surface area contributed by atoms with E-state index in [1.165, 1.54) is 5.69 Å². The third kappa shape index (κ3) is 4.00. The molecule has 0 bridgehead atoms. The van der Waals surface area contributed by atoms with Gasteiger partial charge in [-0.2, -0.15) is 0 Å². The Bertz CT molecular complexity index is 1080. The van der Waals surface area contributed by atoms with Crippen LogP contribution in [0.3, 0.4) is 0 Å². The molecule has 9 heteroatoms. The van der Waals surface area contributed by atoms with Crippen molar-refractivity contribution < 1.29 is 13.5 Å². The number of aromatic amines is 1. The van der Waals surface area contributed by atoms with Crippen LogP contribution < -0.4 is 0 Å². The van der Waals surface area contributed by atoms with E-state index in [2.05, 4.69) is 24.8 Å². The average Bonchev–Trinajstić information content (AvgIpc) is 3.44. The fraction of sp³-hybridized carbons (Fsp3) is 0.591. The van der Waals surface area contributed by atoms with Crippen molar-refractivity contribution in [2.24, 2.45) is 11.8 Å². The Kier molecular flexibility index (Phi) is 6.01. The zero-order chi connectivity index (χ0) is 21.4. The lowest BCUT2D eigenvalue weighted by atomic mass is 9.79. The van der Waals surface area contributed by atoms with Crippen LogP contribution in [0.15, 0.2) is 24.8 Å². The highest BCUT2D eigenvalue weighted by atomic mass is 32.2. The third-order valence-corrected chi connectivity index (χ3v) is 8.17. The zero-order valence-electron chi connectivity index (χ0n) is 17.7. The van der Waals surface area contributed by atoms with E-state index in [0.717, 1.165) is 73.7 Å². The highest BCUT2D eigenvalue weighted by Gasteiger charge is 2.39. The van der Waals surface area contributed by atoms with E-state index in [4.69, 9.17) is 4.74 Å². The maximum Gasteiger partial charge on any atom is 0.171 e. The van der Waals surface area contributed by atoms with Gasteiger partial charge in [0.15, 0.2) is 16.7 Å². The molecule has 0 aromatic carbocycles. The predicted molar refractivity (Wildman–Crippen MR) is 120 cm³/mol. The number of aromatic nitrogens is 4. The van der Waals surface area contributed by atoms with E-state index >= 15 is 0 Å². The van der Waals surface area contributed by atoms with Gasteiger partial charge in [0.1, 0.15) is 5.37 Å². The van der Waals surface area contributed by atoms with Crippen molar-refractivity contribution in [2.45, 2.75) is 43.4 Å². The summed E-state index contributed by atoms with van der Waals surface area (Å²) in [6.07, 6.45) is 10.2. The van der Waals surface area contributed by atoms with Crippen molar-refractivity contribution >= 4 is 33.0 Å². The van der Waals surface area contributed by atoms with Gasteiger partial charge in [0.05, 0.1) is 24.6 Å². The van der Waals surface area contributed by atoms with E-state index in [-0.39, 0.29) is 11.3 Å². The lowest BCUT2D eigenvalue weighted by Gasteiger charge is -2.36. The van der Waals surface area contributed by atoms with E-state index in [1.54, 1.807) is 25.8 Å². The smallest absolute Gasteiger partial charge is 0.171 e. The number of rotatable bonds is 6. The van der Waals surface area contributed by atoms with Crippen LogP contribution in [0.25, 0.3) is 21.9 Å². The molecule has 3 aromatic heterocycles. The van der Waals surface area contributed by atoms with E-state index in [9.17, 15) is 8.76 Å². The lowest BCUT2D eigenvalue weighted by Crippen LogP contribution is -2.43. The summed E-state index contributed by atoms with van der Waals surface area (Å²) in [5, 5.41) is 1.86. The topological polar surface area (TPSA) is 104 Å². The Balaban J connectivity index is 1.34. The Labute approximate surface area is 184 Å². The van der Waals surface area contributed by atoms with Gasteiger partial charge >= 0.3 is 0 Å². The standard InChI is InChI=1S/C22H29N5O3S/c1-30-12-14-7-9-27(11-14)22(31(28)29)16-4-2-15(3-5-16)20-19-17-6-8-23-21(17)24-10-18(19)25-13-26-20/h6,8,10,13-16,22H,2-5,7,9,11-12H2,1H3,(H,25,26)(H,28,29). The summed E-state index contributed by atoms with van der Waals surface area (Å²) in [4.78, 5) is 18.9. The summed E-state index contributed by atoms with van der Waals surface area (Å²) in [5.74, 6) is 1.06. The number of hydrogen-bond acceptors (Lipinski definition) is 6. The van der Waals surface area contributed by atoms with Crippen LogP contribution in [-0.4, -0.2) is 65.8 Å². The molecule has 8 nitrogen and oxygen atoms in total. The van der Waals surface area contributed by atoms with Crippen LogP contribution in [0.2, 0.25) is 0 Å². The molecule has 3 unspecified atom stereocenters. The number of ether oxygens (including phenoxy) is 1. The summed E-state index contributed by atoms with van der Waals surface area (Å²) >= 11 is -1.85. The van der Waals surface area contributed by atoms with Gasteiger partial charge in [0.2, 0.25) is 0 Å². The number of pyridine rings is 1. The van der Waals surface area contributed by atoms with Gasteiger partial charge in [-0.15, -0.1) is 0 Å². The maximum atomic E-state index is 12.3. The quantitative estimate of drug-likeness (QED) is 0.563. The Hall–Kier alpha value is -1.94. The number of nitrogens with zero attached hydrogens (tertiary/aromatic N) is 4. The number of hydrogen-bond donors (Lipinski definition) is 2. The molecule has 0 spiro atoms. The number of methoxy groups -OCH3 is 1. The maximum absolute atomic E-state index is 12.3. The first-order valence-electron chi connectivity index (χ1n) is 11.0. The molecule has 2 N–H and O–H groups in total. The van der Waals surface area contributed by atoms with Gasteiger partial charge in [0, 0.05) is 36.3 Å². The van der Waals surface area contributed by atoms with Gasteiger partial charge in [-0.3, -0.25) is 4.90 Å². The van der Waals surface area contributed by atoms with Gasteiger partial charge in [-0.05, 0) is 62.5 Å². The summed E-state index contributed by atoms with van der Waals surface area (Å²) in [6.45, 7) is 2.45. The van der Waals surface area contributed by atoms with Crippen LogP contribution in [0.5, 0.6) is 0 Å². The first kappa shape index (κ1) is 20.9. The molecule has 4 heterocycles. The SMILES string of the molecule is COCC1CCN(C(C2CCC(c3[nH]cnc4cnc5nccc5c34)CC2)S(=O)O)C1. The third-order valence-electron chi connectivity index (χ3n) is 7.08. The second kappa shape index (κ2) is 8.90. The molecule has 2 aliphatic rings. The molecule has 2 fully saturated rings. The highest BCUT2D eigenvalue weighted by Crippen LogP contribution is 2.41. The minimum Gasteiger partial charge on any atom is -0.384 e. The second-order valence-corrected chi connectivity index (χ2v) is 9.94. The first-order valence-corrected chi connectivity index (χ1v) is 12.2. The van der Waals surface area contributed by atoms with Crippen LogP contribution >= 0.6 is 0 Å². The number of likely N-dealkylation sites (tertiary alicyclic amines) is 1. The average molecular weight is 444 g/mol. The molecule has 0 radical (unpaired) electrons. The zero-order valence-corrected chi connectivity index (χ0v) is 18.6. The predicted octanol–water partition coefficient (Wildman–Crippen LogP) is 3.30. The highest BCUT2D eigenvalue weighted by molar-refractivity contribution is 7.79. The molecular formula is C22H29N5O3S. The molecule has 0 amide bonds. The number of nitrogens with one attached hydrogen (secondary N) is 1. The molecule has 1 aliphatic heterocycles. The molecule has 1 aliphatic carbocycles. The normalized spacial score (nSPS) is 27.1. The number of H-pyrrole nitrogens is 1. The van der Waals surface area contributed by atoms with Crippen molar-refractivity contribution in [1.82, 2.24) is 24.8 Å². The molecule has 31 heavy (non-hydrogen) atoms. The van der Waals surface area contributed by atoms with Gasteiger partial charge in [-0.1, -0.05) is 0 Å². The summed E-state index contributed by atoms with van der Waals surface area (Å²) in [5.41, 5.74) is 2.82. The lowest BCUT2D eigenvalue weighted by molar-refractivity contribution is 0.141. The number of fused-ring (bicyclic) bond motifs is 3. The summed E-state index contributed by atoms with van der Waals surface area (Å²) in [6, 6.07) is 2.00. The minimum atomic E-state index is -1.85. The Morgan fingerprint density at radius 3 is 2.87 bits per heavy atom. The van der Waals surface area contributed by atoms with Gasteiger partial charge in [0.25, 0.3) is 0 Å². The Morgan fingerprint density at radius 1 is 1.26 bits per heavy atom. The van der Waals surface area contributed by atoms with Crippen LogP contribution in [-0.2, 0) is 15.8 Å². The molecular weight excluding hydrogens is 414 g/mol. The Morgan fingerprint density at radius 2 is 2.10 bits per heavy atom. The molecule has 3 aromatic rings. The second-order valence-electron chi connectivity index (χ2n) is 8.90. The monoisotopic (exact) mass is 443 g/mol. The first-order chi connectivity index (χ1) is 15.2. The van der Waals surface area contributed by atoms with E-state index < -0.39 is 11.1 Å². The molecule has 1 saturated heterocycles. The van der Waals surface area contributed by atoms with Crippen molar-refractivity contribution in [2.75, 3.05) is 26.8 Å². The molecule has 3 atom stereocenters. The largest absolute Gasteiger partial charge is 0.384 e. The fourth-order valence-corrected chi connectivity index (χ4v) is 6.69. The summed E-state index contributed by atoms with van der Waals surface area (Å²) in [7, 11) is 1.72. The molecule has 5 rings (SSSR count). The molecule has 1 saturated carbocycles. The summed E-state index contributed by atoms with van der Waals surface area (Å²) < 4.78 is 27.7.